The Kier molecular flexibility index (Phi) is 7.05. The molecule has 0 radical (unpaired) electrons. The average molecular weight is 661 g/mol. The molecule has 0 atom stereocenters. The van der Waals surface area contributed by atoms with Gasteiger partial charge in [-0.05, 0) is 135 Å². The predicted molar refractivity (Wildman–Crippen MR) is 225 cm³/mol. The molecule has 0 unspecified atom stereocenters. The summed E-state index contributed by atoms with van der Waals surface area (Å²) >= 11 is 0. The van der Waals surface area contributed by atoms with Crippen LogP contribution in [0.3, 0.4) is 0 Å². The van der Waals surface area contributed by atoms with Crippen LogP contribution in [0.1, 0.15) is 11.1 Å². The van der Waals surface area contributed by atoms with Gasteiger partial charge in [0.25, 0.3) is 0 Å². The summed E-state index contributed by atoms with van der Waals surface area (Å²) in [6.45, 7) is 4.52. The molecule has 0 N–H and O–H groups in total. The van der Waals surface area contributed by atoms with E-state index in [4.69, 9.17) is 0 Å². The summed E-state index contributed by atoms with van der Waals surface area (Å²) in [5.74, 6) is 0. The Morgan fingerprint density at radius 3 is 1.40 bits per heavy atom. The highest BCUT2D eigenvalue weighted by Gasteiger charge is 2.19. The van der Waals surface area contributed by atoms with Crippen LogP contribution in [0.4, 0.5) is 0 Å². The molecule has 0 aliphatic rings. The van der Waals surface area contributed by atoms with Crippen LogP contribution in [0.5, 0.6) is 0 Å². The fraction of sp³-hybridized carbons (Fsp3) is 0.0385. The van der Waals surface area contributed by atoms with Gasteiger partial charge in [0.05, 0.1) is 0 Å². The van der Waals surface area contributed by atoms with Crippen molar-refractivity contribution in [2.75, 3.05) is 0 Å². The van der Waals surface area contributed by atoms with E-state index in [0.29, 0.717) is 0 Å². The van der Waals surface area contributed by atoms with E-state index in [1.54, 1.807) is 0 Å². The van der Waals surface area contributed by atoms with Crippen molar-refractivity contribution in [3.8, 4) is 44.5 Å². The van der Waals surface area contributed by atoms with Crippen molar-refractivity contribution in [2.45, 2.75) is 13.8 Å². The minimum atomic E-state index is 1.23. The van der Waals surface area contributed by atoms with E-state index in [1.165, 1.54) is 109 Å². The predicted octanol–water partition coefficient (Wildman–Crippen LogP) is 14.7. The highest BCUT2D eigenvalue weighted by atomic mass is 14.2. The molecule has 0 aliphatic carbocycles. The number of hydrogen-bond donors (Lipinski definition) is 0. The van der Waals surface area contributed by atoms with Gasteiger partial charge in [-0.3, -0.25) is 0 Å². The summed E-state index contributed by atoms with van der Waals surface area (Å²) in [4.78, 5) is 0. The Hall–Kier alpha value is -6.50. The number of rotatable bonds is 4. The maximum Gasteiger partial charge on any atom is -0.00261 e. The molecule has 0 spiro atoms. The zero-order chi connectivity index (χ0) is 34.8. The first kappa shape index (κ1) is 30.3. The van der Waals surface area contributed by atoms with E-state index < -0.39 is 0 Å². The van der Waals surface area contributed by atoms with E-state index in [9.17, 15) is 0 Å². The van der Waals surface area contributed by atoms with Gasteiger partial charge in [-0.1, -0.05) is 170 Å². The number of benzene rings is 10. The Labute approximate surface area is 304 Å². The molecule has 0 bridgehead atoms. The lowest BCUT2D eigenvalue weighted by Gasteiger charge is -2.20. The van der Waals surface area contributed by atoms with Crippen LogP contribution in [-0.4, -0.2) is 0 Å². The van der Waals surface area contributed by atoms with Crippen molar-refractivity contribution in [1.82, 2.24) is 0 Å². The molecule has 0 fully saturated rings. The molecule has 52 heavy (non-hydrogen) atoms. The minimum Gasteiger partial charge on any atom is -0.0622 e. The van der Waals surface area contributed by atoms with Crippen LogP contribution in [0.15, 0.2) is 182 Å². The van der Waals surface area contributed by atoms with Crippen LogP contribution >= 0.6 is 0 Å². The van der Waals surface area contributed by atoms with E-state index in [1.807, 2.05) is 0 Å². The SMILES string of the molecule is Cc1ccccc1-c1ccc2c3ccccc3c3cc(-c4c5ccccc5c(-c5cccc(-c6ccccc6)c5)c5ccccc45)ccc3c2c1C. The molecule has 10 aromatic rings. The second kappa shape index (κ2) is 12.1. The average Bonchev–Trinajstić information content (AvgIpc) is 3.20. The van der Waals surface area contributed by atoms with Gasteiger partial charge >= 0.3 is 0 Å². The van der Waals surface area contributed by atoms with Crippen LogP contribution < -0.4 is 0 Å². The van der Waals surface area contributed by atoms with Crippen LogP contribution in [0, 0.1) is 13.8 Å². The quantitative estimate of drug-likeness (QED) is 0.130. The van der Waals surface area contributed by atoms with Crippen LogP contribution in [0.25, 0.3) is 98.4 Å². The zero-order valence-electron chi connectivity index (χ0n) is 29.3. The van der Waals surface area contributed by atoms with Gasteiger partial charge in [-0.15, -0.1) is 0 Å². The lowest BCUT2D eigenvalue weighted by atomic mass is 9.83. The van der Waals surface area contributed by atoms with Gasteiger partial charge < -0.3 is 0 Å². The van der Waals surface area contributed by atoms with Gasteiger partial charge in [-0.2, -0.15) is 0 Å². The topological polar surface area (TPSA) is 0 Å². The van der Waals surface area contributed by atoms with Gasteiger partial charge in [0.2, 0.25) is 0 Å². The van der Waals surface area contributed by atoms with Crippen molar-refractivity contribution in [3.05, 3.63) is 193 Å². The minimum absolute atomic E-state index is 1.23. The zero-order valence-corrected chi connectivity index (χ0v) is 29.3. The van der Waals surface area contributed by atoms with Gasteiger partial charge in [0.15, 0.2) is 0 Å². The van der Waals surface area contributed by atoms with Crippen molar-refractivity contribution in [3.63, 3.8) is 0 Å². The first-order valence-electron chi connectivity index (χ1n) is 18.2. The molecule has 0 nitrogen and oxygen atoms in total. The Balaban J connectivity index is 1.26. The molecule has 0 heteroatoms. The molecule has 0 aromatic heterocycles. The summed E-state index contributed by atoms with van der Waals surface area (Å²) < 4.78 is 0. The Morgan fingerprint density at radius 2 is 0.750 bits per heavy atom. The largest absolute Gasteiger partial charge is 0.0622 e. The summed E-state index contributed by atoms with van der Waals surface area (Å²) in [5, 5.41) is 12.9. The van der Waals surface area contributed by atoms with E-state index in [0.717, 1.165) is 0 Å². The first-order valence-corrected chi connectivity index (χ1v) is 18.2. The number of hydrogen-bond acceptors (Lipinski definition) is 0. The van der Waals surface area contributed by atoms with Crippen molar-refractivity contribution in [2.24, 2.45) is 0 Å². The smallest absolute Gasteiger partial charge is 0.00261 e. The second-order valence-electron chi connectivity index (χ2n) is 14.1. The van der Waals surface area contributed by atoms with Crippen LogP contribution in [-0.2, 0) is 0 Å². The molecule has 10 aromatic carbocycles. The standard InChI is InChI=1S/C52H36/c1-33-15-6-7-20-39(33)40-29-30-47-41-21-8-9-22-42(41)49-32-38(27-28-48(49)50(47)34(40)2)52-45-25-12-10-23-43(45)51(44-24-11-13-26-46(44)52)37-19-14-18-36(31-37)35-16-4-3-5-17-35/h3-32H,1-2H3. The lowest BCUT2D eigenvalue weighted by Crippen LogP contribution is -1.93. The van der Waals surface area contributed by atoms with Gasteiger partial charge in [0.1, 0.15) is 0 Å². The first-order chi connectivity index (χ1) is 25.7. The third-order valence-corrected chi connectivity index (χ3v) is 11.2. The molecule has 244 valence electrons. The Bertz CT molecular complexity index is 2960. The summed E-state index contributed by atoms with van der Waals surface area (Å²) in [6, 6.07) is 67.2. The monoisotopic (exact) mass is 660 g/mol. The highest BCUT2D eigenvalue weighted by Crippen LogP contribution is 2.46. The maximum atomic E-state index is 2.46. The number of fused-ring (bicyclic) bond motifs is 8. The van der Waals surface area contributed by atoms with Gasteiger partial charge in [0, 0.05) is 0 Å². The lowest BCUT2D eigenvalue weighted by molar-refractivity contribution is 1.43. The molecule has 0 saturated carbocycles. The van der Waals surface area contributed by atoms with Gasteiger partial charge in [-0.25, -0.2) is 0 Å². The molecule has 0 amide bonds. The summed E-state index contributed by atoms with van der Waals surface area (Å²) in [7, 11) is 0. The second-order valence-corrected chi connectivity index (χ2v) is 14.1. The third kappa shape index (κ3) is 4.69. The number of aryl methyl sites for hydroxylation is 2. The molecule has 0 saturated heterocycles. The Morgan fingerprint density at radius 1 is 0.269 bits per heavy atom. The summed E-state index contributed by atoms with van der Waals surface area (Å²) in [6.07, 6.45) is 0. The van der Waals surface area contributed by atoms with E-state index in [-0.39, 0.29) is 0 Å². The molecular formula is C52H36. The van der Waals surface area contributed by atoms with Crippen LogP contribution in [0.2, 0.25) is 0 Å². The normalized spacial score (nSPS) is 11.7. The van der Waals surface area contributed by atoms with Crippen molar-refractivity contribution in [1.29, 1.82) is 0 Å². The summed E-state index contributed by atoms with van der Waals surface area (Å²) in [5.41, 5.74) is 12.7. The van der Waals surface area contributed by atoms with E-state index >= 15 is 0 Å². The molecule has 0 aliphatic heterocycles. The highest BCUT2D eigenvalue weighted by molar-refractivity contribution is 6.28. The van der Waals surface area contributed by atoms with Crippen molar-refractivity contribution < 1.29 is 0 Å². The van der Waals surface area contributed by atoms with E-state index in [2.05, 4.69) is 196 Å². The molecular weight excluding hydrogens is 625 g/mol. The molecule has 10 rings (SSSR count). The molecule has 0 heterocycles. The van der Waals surface area contributed by atoms with Crippen molar-refractivity contribution >= 4 is 53.9 Å². The fourth-order valence-electron chi connectivity index (χ4n) is 8.78. The third-order valence-electron chi connectivity index (χ3n) is 11.2. The fourth-order valence-corrected chi connectivity index (χ4v) is 8.78. The maximum absolute atomic E-state index is 2.46.